The zero-order chi connectivity index (χ0) is 14.3. The summed E-state index contributed by atoms with van der Waals surface area (Å²) in [4.78, 5) is 17.8. The number of sulfone groups is 1. The van der Waals surface area contributed by atoms with E-state index in [-0.39, 0.29) is 17.4 Å². The summed E-state index contributed by atoms with van der Waals surface area (Å²) in [6.07, 6.45) is 3.57. The fourth-order valence-corrected chi connectivity index (χ4v) is 5.72. The summed E-state index contributed by atoms with van der Waals surface area (Å²) in [5.74, 6) is 0.148. The lowest BCUT2D eigenvalue weighted by Gasteiger charge is -2.15. The molecule has 0 bridgehead atoms. The topological polar surface area (TPSA) is 76.1 Å². The Morgan fingerprint density at radius 1 is 1.40 bits per heavy atom. The lowest BCUT2D eigenvalue weighted by Crippen LogP contribution is -2.23. The first-order chi connectivity index (χ1) is 9.43. The van der Waals surface area contributed by atoms with Gasteiger partial charge >= 0.3 is 0 Å². The van der Waals surface area contributed by atoms with Crippen molar-refractivity contribution < 1.29 is 13.2 Å². The van der Waals surface area contributed by atoms with Gasteiger partial charge in [-0.1, -0.05) is 6.92 Å². The third-order valence-corrected chi connectivity index (χ3v) is 6.82. The molecule has 110 valence electrons. The summed E-state index contributed by atoms with van der Waals surface area (Å²) in [6.45, 7) is 2.23. The lowest BCUT2D eigenvalue weighted by molar-refractivity contribution is -0.119. The van der Waals surface area contributed by atoms with E-state index >= 15 is 0 Å². The molecule has 1 amide bonds. The zero-order valence-electron chi connectivity index (χ0n) is 11.4. The Kier molecular flexibility index (Phi) is 3.58. The summed E-state index contributed by atoms with van der Waals surface area (Å²) >= 11 is 1.53. The second-order valence-electron chi connectivity index (χ2n) is 5.83. The van der Waals surface area contributed by atoms with E-state index in [9.17, 15) is 13.2 Å². The normalized spacial score (nSPS) is 28.1. The van der Waals surface area contributed by atoms with Crippen molar-refractivity contribution in [2.24, 2.45) is 11.8 Å². The highest BCUT2D eigenvalue weighted by atomic mass is 32.2. The molecule has 2 atom stereocenters. The second kappa shape index (κ2) is 5.11. The molecule has 0 saturated carbocycles. The Balaban J connectivity index is 1.68. The SMILES string of the molecule is C[C@@H]1CCc2nc(NC(=O)[C@H]3CCS(=O)(=O)C3)sc2C1. The number of nitrogens with zero attached hydrogens (tertiary/aromatic N) is 1. The zero-order valence-corrected chi connectivity index (χ0v) is 13.0. The number of rotatable bonds is 2. The van der Waals surface area contributed by atoms with Crippen LogP contribution in [0, 0.1) is 11.8 Å². The Labute approximate surface area is 122 Å². The number of hydrogen-bond donors (Lipinski definition) is 1. The first-order valence-corrected chi connectivity index (χ1v) is 9.56. The first kappa shape index (κ1) is 14.0. The minimum Gasteiger partial charge on any atom is -0.302 e. The number of aromatic nitrogens is 1. The van der Waals surface area contributed by atoms with Crippen LogP contribution in [-0.4, -0.2) is 30.8 Å². The van der Waals surface area contributed by atoms with Crippen molar-refractivity contribution in [1.29, 1.82) is 0 Å². The molecule has 1 aromatic rings. The van der Waals surface area contributed by atoms with E-state index in [1.165, 1.54) is 16.2 Å². The fourth-order valence-electron chi connectivity index (χ4n) is 2.80. The molecule has 1 aliphatic carbocycles. The van der Waals surface area contributed by atoms with Crippen LogP contribution in [0.3, 0.4) is 0 Å². The maximum absolute atomic E-state index is 12.1. The van der Waals surface area contributed by atoms with Crippen LogP contribution in [0.25, 0.3) is 0 Å². The minimum absolute atomic E-state index is 0.0268. The molecule has 7 heteroatoms. The smallest absolute Gasteiger partial charge is 0.230 e. The highest BCUT2D eigenvalue weighted by molar-refractivity contribution is 7.91. The maximum atomic E-state index is 12.1. The molecule has 0 aromatic carbocycles. The molecule has 1 fully saturated rings. The molecular formula is C13H18N2O3S2. The molecule has 1 saturated heterocycles. The van der Waals surface area contributed by atoms with Crippen LogP contribution in [-0.2, 0) is 27.5 Å². The number of hydrogen-bond acceptors (Lipinski definition) is 5. The van der Waals surface area contributed by atoms with E-state index in [1.807, 2.05) is 0 Å². The molecule has 3 rings (SSSR count). The highest BCUT2D eigenvalue weighted by Gasteiger charge is 2.33. The van der Waals surface area contributed by atoms with Gasteiger partial charge in [-0.15, -0.1) is 11.3 Å². The van der Waals surface area contributed by atoms with E-state index in [0.29, 0.717) is 17.5 Å². The summed E-state index contributed by atoms with van der Waals surface area (Å²) in [5.41, 5.74) is 1.10. The number of fused-ring (bicyclic) bond motifs is 1. The Bertz CT molecular complexity index is 636. The van der Waals surface area contributed by atoms with E-state index in [1.54, 1.807) is 0 Å². The van der Waals surface area contributed by atoms with Crippen LogP contribution < -0.4 is 5.32 Å². The number of carbonyl (C=O) groups excluding carboxylic acids is 1. The number of carbonyl (C=O) groups is 1. The molecule has 1 N–H and O–H groups in total. The van der Waals surface area contributed by atoms with Crippen LogP contribution >= 0.6 is 11.3 Å². The van der Waals surface area contributed by atoms with Gasteiger partial charge in [-0.3, -0.25) is 4.79 Å². The minimum atomic E-state index is -3.02. The summed E-state index contributed by atoms with van der Waals surface area (Å²) in [6, 6.07) is 0. The van der Waals surface area contributed by atoms with E-state index in [4.69, 9.17) is 0 Å². The Morgan fingerprint density at radius 2 is 2.20 bits per heavy atom. The van der Waals surface area contributed by atoms with Crippen LogP contribution in [0.2, 0.25) is 0 Å². The third-order valence-electron chi connectivity index (χ3n) is 4.02. The van der Waals surface area contributed by atoms with Gasteiger partial charge in [-0.25, -0.2) is 13.4 Å². The van der Waals surface area contributed by atoms with Crippen LogP contribution in [0.5, 0.6) is 0 Å². The Morgan fingerprint density at radius 3 is 2.90 bits per heavy atom. The molecule has 2 heterocycles. The number of aryl methyl sites for hydroxylation is 1. The standard InChI is InChI=1S/C13H18N2O3S2/c1-8-2-3-10-11(6-8)19-13(14-10)15-12(16)9-4-5-20(17,18)7-9/h8-9H,2-7H2,1H3,(H,14,15,16)/t8-,9+/m1/s1. The fraction of sp³-hybridized carbons (Fsp3) is 0.692. The van der Waals surface area contributed by atoms with E-state index < -0.39 is 15.8 Å². The summed E-state index contributed by atoms with van der Waals surface area (Å²) in [7, 11) is -3.02. The highest BCUT2D eigenvalue weighted by Crippen LogP contribution is 2.32. The number of nitrogens with one attached hydrogen (secondary N) is 1. The molecule has 1 aliphatic heterocycles. The van der Waals surface area contributed by atoms with Crippen molar-refractivity contribution in [3.8, 4) is 0 Å². The van der Waals surface area contributed by atoms with E-state index in [2.05, 4.69) is 17.2 Å². The molecule has 20 heavy (non-hydrogen) atoms. The average Bonchev–Trinajstić information content (AvgIpc) is 2.91. The first-order valence-electron chi connectivity index (χ1n) is 6.93. The van der Waals surface area contributed by atoms with Crippen LogP contribution in [0.1, 0.15) is 30.3 Å². The number of anilines is 1. The van der Waals surface area contributed by atoms with Gasteiger partial charge < -0.3 is 5.32 Å². The van der Waals surface area contributed by atoms with Crippen molar-refractivity contribution in [2.45, 2.75) is 32.6 Å². The molecule has 1 aromatic heterocycles. The second-order valence-corrected chi connectivity index (χ2v) is 9.14. The van der Waals surface area contributed by atoms with Crippen molar-refractivity contribution in [3.05, 3.63) is 10.6 Å². The van der Waals surface area contributed by atoms with Crippen molar-refractivity contribution in [2.75, 3.05) is 16.8 Å². The largest absolute Gasteiger partial charge is 0.302 e. The summed E-state index contributed by atoms with van der Waals surface area (Å²) < 4.78 is 22.8. The molecule has 5 nitrogen and oxygen atoms in total. The predicted octanol–water partition coefficient (Wildman–Crippen LogP) is 1.64. The van der Waals surface area contributed by atoms with Gasteiger partial charge in [0.1, 0.15) is 0 Å². The van der Waals surface area contributed by atoms with Gasteiger partial charge in [0.25, 0.3) is 0 Å². The van der Waals surface area contributed by atoms with Crippen LogP contribution in [0.4, 0.5) is 5.13 Å². The number of amides is 1. The van der Waals surface area contributed by atoms with Crippen LogP contribution in [0.15, 0.2) is 0 Å². The molecular weight excluding hydrogens is 296 g/mol. The summed E-state index contributed by atoms with van der Waals surface area (Å²) in [5, 5.41) is 3.42. The predicted molar refractivity (Wildman–Crippen MR) is 78.7 cm³/mol. The van der Waals surface area contributed by atoms with Gasteiger partial charge in [0.15, 0.2) is 15.0 Å². The van der Waals surface area contributed by atoms with Gasteiger partial charge in [0.05, 0.1) is 23.1 Å². The molecule has 0 radical (unpaired) electrons. The van der Waals surface area contributed by atoms with Gasteiger partial charge in [-0.2, -0.15) is 0 Å². The molecule has 0 spiro atoms. The molecule has 0 unspecified atom stereocenters. The van der Waals surface area contributed by atoms with E-state index in [0.717, 1.165) is 25.0 Å². The molecule has 2 aliphatic rings. The van der Waals surface area contributed by atoms with Crippen molar-refractivity contribution >= 4 is 32.2 Å². The van der Waals surface area contributed by atoms with Gasteiger partial charge in [-0.05, 0) is 31.6 Å². The Hall–Kier alpha value is -0.950. The third kappa shape index (κ3) is 2.88. The quantitative estimate of drug-likeness (QED) is 0.900. The van der Waals surface area contributed by atoms with Gasteiger partial charge in [0.2, 0.25) is 5.91 Å². The van der Waals surface area contributed by atoms with Crippen molar-refractivity contribution in [1.82, 2.24) is 4.98 Å². The number of thiazole rings is 1. The average molecular weight is 314 g/mol. The van der Waals surface area contributed by atoms with Gasteiger partial charge in [0, 0.05) is 4.88 Å². The lowest BCUT2D eigenvalue weighted by atomic mass is 9.93. The monoisotopic (exact) mass is 314 g/mol. The maximum Gasteiger partial charge on any atom is 0.230 e. The van der Waals surface area contributed by atoms with Crippen molar-refractivity contribution in [3.63, 3.8) is 0 Å².